The highest BCUT2D eigenvalue weighted by atomic mass is 32.1. The molecule has 5 nitrogen and oxygen atoms in total. The number of carbonyl (C=O) groups is 1. The minimum atomic E-state index is 0.289. The lowest BCUT2D eigenvalue weighted by atomic mass is 10.2. The maximum absolute atomic E-state index is 12.2. The number of fused-ring (bicyclic) bond motifs is 1. The number of nitrogens with zero attached hydrogens (tertiary/aromatic N) is 4. The van der Waals surface area contributed by atoms with E-state index in [2.05, 4.69) is 32.5 Å². The monoisotopic (exact) mass is 344 g/mol. The van der Waals surface area contributed by atoms with E-state index in [1.165, 1.54) is 11.3 Å². The molecular formula is C18H24N4OS. The zero-order valence-corrected chi connectivity index (χ0v) is 14.8. The Bertz CT molecular complexity index is 688. The smallest absolute Gasteiger partial charge is 0.222 e. The van der Waals surface area contributed by atoms with Crippen molar-refractivity contribution in [2.45, 2.75) is 45.3 Å². The van der Waals surface area contributed by atoms with E-state index in [1.54, 1.807) is 11.3 Å². The van der Waals surface area contributed by atoms with Gasteiger partial charge in [0.25, 0.3) is 0 Å². The Morgan fingerprint density at radius 3 is 2.88 bits per heavy atom. The predicted molar refractivity (Wildman–Crippen MR) is 94.8 cm³/mol. The Kier molecular flexibility index (Phi) is 4.67. The summed E-state index contributed by atoms with van der Waals surface area (Å²) >= 11 is 1.76. The van der Waals surface area contributed by atoms with Crippen molar-refractivity contribution in [3.8, 4) is 0 Å². The fourth-order valence-electron chi connectivity index (χ4n) is 3.64. The number of thiophene rings is 1. The van der Waals surface area contributed by atoms with Gasteiger partial charge in [0.05, 0.1) is 17.9 Å². The number of carbonyl (C=O) groups excluding carboxylic acids is 1. The Morgan fingerprint density at radius 1 is 1.21 bits per heavy atom. The number of hydrogen-bond acceptors (Lipinski definition) is 4. The Balaban J connectivity index is 1.33. The molecule has 0 N–H and O–H groups in total. The van der Waals surface area contributed by atoms with Crippen LogP contribution in [0, 0.1) is 0 Å². The summed E-state index contributed by atoms with van der Waals surface area (Å²) in [6.07, 6.45) is 3.67. The van der Waals surface area contributed by atoms with E-state index in [0.717, 1.165) is 64.2 Å². The first-order valence-electron chi connectivity index (χ1n) is 8.85. The third kappa shape index (κ3) is 3.54. The SMILES string of the molecule is O=C(CCc1cc2n(n1)CCN(Cc1ccsc1)C2)N1CCCC1. The van der Waals surface area contributed by atoms with Crippen molar-refractivity contribution in [3.05, 3.63) is 39.8 Å². The van der Waals surface area contributed by atoms with Crippen LogP contribution in [0.5, 0.6) is 0 Å². The molecule has 6 heteroatoms. The zero-order chi connectivity index (χ0) is 16.4. The molecule has 2 aliphatic heterocycles. The van der Waals surface area contributed by atoms with Crippen LogP contribution in [0.2, 0.25) is 0 Å². The van der Waals surface area contributed by atoms with Gasteiger partial charge in [0.2, 0.25) is 5.91 Å². The van der Waals surface area contributed by atoms with E-state index in [1.807, 2.05) is 4.90 Å². The quantitative estimate of drug-likeness (QED) is 0.837. The van der Waals surface area contributed by atoms with Gasteiger partial charge in [-0.3, -0.25) is 14.4 Å². The average Bonchev–Trinajstić information content (AvgIpc) is 3.33. The summed E-state index contributed by atoms with van der Waals surface area (Å²) in [5, 5.41) is 9.06. The van der Waals surface area contributed by atoms with E-state index in [9.17, 15) is 4.79 Å². The molecule has 0 bridgehead atoms. The summed E-state index contributed by atoms with van der Waals surface area (Å²) in [5.74, 6) is 0.289. The van der Waals surface area contributed by atoms with Crippen molar-refractivity contribution in [2.24, 2.45) is 0 Å². The molecule has 2 aromatic heterocycles. The number of likely N-dealkylation sites (tertiary alicyclic amines) is 1. The van der Waals surface area contributed by atoms with Gasteiger partial charge in [-0.05, 0) is 41.3 Å². The summed E-state index contributed by atoms with van der Waals surface area (Å²) in [5.41, 5.74) is 3.74. The van der Waals surface area contributed by atoms with Crippen LogP contribution in [0.3, 0.4) is 0 Å². The number of amides is 1. The first-order valence-corrected chi connectivity index (χ1v) is 9.79. The van der Waals surface area contributed by atoms with Gasteiger partial charge < -0.3 is 4.90 Å². The molecule has 0 spiro atoms. The minimum Gasteiger partial charge on any atom is -0.343 e. The maximum atomic E-state index is 12.2. The molecule has 24 heavy (non-hydrogen) atoms. The fraction of sp³-hybridized carbons (Fsp3) is 0.556. The molecule has 0 atom stereocenters. The van der Waals surface area contributed by atoms with E-state index in [0.29, 0.717) is 6.42 Å². The Labute approximate surface area is 146 Å². The molecule has 0 aromatic carbocycles. The number of hydrogen-bond donors (Lipinski definition) is 0. The lowest BCUT2D eigenvalue weighted by Gasteiger charge is -2.27. The zero-order valence-electron chi connectivity index (χ0n) is 14.0. The van der Waals surface area contributed by atoms with Gasteiger partial charge in [-0.1, -0.05) is 0 Å². The summed E-state index contributed by atoms with van der Waals surface area (Å²) in [6, 6.07) is 4.39. The van der Waals surface area contributed by atoms with Crippen LogP contribution in [0.4, 0.5) is 0 Å². The third-order valence-corrected chi connectivity index (χ3v) is 5.70. The van der Waals surface area contributed by atoms with Crippen LogP contribution < -0.4 is 0 Å². The standard InChI is InChI=1S/C18H24N4OS/c23-18(21-6-1-2-7-21)4-3-16-11-17-13-20(8-9-22(17)19-16)12-15-5-10-24-14-15/h5,10-11,14H,1-4,6-9,12-13H2. The van der Waals surface area contributed by atoms with E-state index < -0.39 is 0 Å². The van der Waals surface area contributed by atoms with Crippen molar-refractivity contribution < 1.29 is 4.79 Å². The Hall–Kier alpha value is -1.66. The topological polar surface area (TPSA) is 41.4 Å². The molecule has 1 fully saturated rings. The van der Waals surface area contributed by atoms with E-state index in [4.69, 9.17) is 5.10 Å². The van der Waals surface area contributed by atoms with E-state index in [-0.39, 0.29) is 5.91 Å². The minimum absolute atomic E-state index is 0.289. The van der Waals surface area contributed by atoms with Gasteiger partial charge >= 0.3 is 0 Å². The van der Waals surface area contributed by atoms with Crippen LogP contribution in [0.25, 0.3) is 0 Å². The normalized spacial score (nSPS) is 18.1. The largest absolute Gasteiger partial charge is 0.343 e. The van der Waals surface area contributed by atoms with Gasteiger partial charge in [0, 0.05) is 45.6 Å². The van der Waals surface area contributed by atoms with Gasteiger partial charge in [-0.15, -0.1) is 0 Å². The lowest BCUT2D eigenvalue weighted by molar-refractivity contribution is -0.130. The summed E-state index contributed by atoms with van der Waals surface area (Å²) in [4.78, 5) is 16.6. The molecule has 0 aliphatic carbocycles. The molecule has 0 radical (unpaired) electrons. The second kappa shape index (κ2) is 7.07. The molecule has 0 unspecified atom stereocenters. The van der Waals surface area contributed by atoms with Crippen LogP contribution in [0.1, 0.15) is 36.2 Å². The van der Waals surface area contributed by atoms with Gasteiger partial charge in [0.15, 0.2) is 0 Å². The van der Waals surface area contributed by atoms with Gasteiger partial charge in [-0.2, -0.15) is 16.4 Å². The average molecular weight is 344 g/mol. The molecule has 2 aliphatic rings. The Morgan fingerprint density at radius 2 is 2.08 bits per heavy atom. The molecule has 4 heterocycles. The fourth-order valence-corrected chi connectivity index (χ4v) is 4.30. The molecule has 1 saturated heterocycles. The molecule has 0 saturated carbocycles. The van der Waals surface area contributed by atoms with Crippen LogP contribution in [-0.2, 0) is 30.8 Å². The second-order valence-electron chi connectivity index (χ2n) is 6.78. The number of aryl methyl sites for hydroxylation is 1. The van der Waals surface area contributed by atoms with Crippen molar-refractivity contribution in [3.63, 3.8) is 0 Å². The van der Waals surface area contributed by atoms with Crippen molar-refractivity contribution in [1.82, 2.24) is 19.6 Å². The third-order valence-electron chi connectivity index (χ3n) is 4.97. The van der Waals surface area contributed by atoms with Gasteiger partial charge in [-0.25, -0.2) is 0 Å². The summed E-state index contributed by atoms with van der Waals surface area (Å²) in [6.45, 7) is 5.82. The maximum Gasteiger partial charge on any atom is 0.222 e. The summed E-state index contributed by atoms with van der Waals surface area (Å²) < 4.78 is 2.12. The predicted octanol–water partition coefficient (Wildman–Crippen LogP) is 2.52. The van der Waals surface area contributed by atoms with Gasteiger partial charge in [0.1, 0.15) is 0 Å². The van der Waals surface area contributed by atoms with Crippen LogP contribution in [0.15, 0.2) is 22.9 Å². The van der Waals surface area contributed by atoms with Crippen molar-refractivity contribution >= 4 is 17.2 Å². The van der Waals surface area contributed by atoms with Crippen LogP contribution >= 0.6 is 11.3 Å². The lowest BCUT2D eigenvalue weighted by Crippen LogP contribution is -2.33. The van der Waals surface area contributed by atoms with Crippen molar-refractivity contribution in [2.75, 3.05) is 19.6 Å². The number of rotatable bonds is 5. The van der Waals surface area contributed by atoms with Crippen molar-refractivity contribution in [1.29, 1.82) is 0 Å². The van der Waals surface area contributed by atoms with E-state index >= 15 is 0 Å². The molecule has 1 amide bonds. The highest BCUT2D eigenvalue weighted by Crippen LogP contribution is 2.18. The second-order valence-corrected chi connectivity index (χ2v) is 7.56. The molecule has 4 rings (SSSR count). The molecular weight excluding hydrogens is 320 g/mol. The first-order chi connectivity index (χ1) is 11.8. The number of aromatic nitrogens is 2. The molecule has 128 valence electrons. The highest BCUT2D eigenvalue weighted by Gasteiger charge is 2.21. The summed E-state index contributed by atoms with van der Waals surface area (Å²) in [7, 11) is 0. The first kappa shape index (κ1) is 15.8. The molecule has 2 aromatic rings. The highest BCUT2D eigenvalue weighted by molar-refractivity contribution is 7.07. The van der Waals surface area contributed by atoms with Crippen LogP contribution in [-0.4, -0.2) is 45.1 Å².